The van der Waals surface area contributed by atoms with E-state index < -0.39 is 29.2 Å². The molecule has 0 saturated heterocycles. The quantitative estimate of drug-likeness (QED) is 0.759. The van der Waals surface area contributed by atoms with Gasteiger partial charge in [0, 0.05) is 17.5 Å². The SMILES string of the molecule is O=C(NCC(O)c1ccco1)NCC1(c2c(F)cccc2F)CC1. The lowest BCUT2D eigenvalue weighted by molar-refractivity contribution is 0.148. The molecule has 0 bridgehead atoms. The van der Waals surface area contributed by atoms with Crippen LogP contribution in [0.15, 0.2) is 41.0 Å². The van der Waals surface area contributed by atoms with Crippen LogP contribution in [0.25, 0.3) is 0 Å². The minimum atomic E-state index is -0.954. The van der Waals surface area contributed by atoms with E-state index in [1.807, 2.05) is 0 Å². The van der Waals surface area contributed by atoms with E-state index in [2.05, 4.69) is 10.6 Å². The zero-order valence-electron chi connectivity index (χ0n) is 12.9. The number of rotatable bonds is 6. The summed E-state index contributed by atoms with van der Waals surface area (Å²) in [7, 11) is 0. The van der Waals surface area contributed by atoms with Crippen LogP contribution < -0.4 is 10.6 Å². The van der Waals surface area contributed by atoms with E-state index in [0.717, 1.165) is 0 Å². The van der Waals surface area contributed by atoms with E-state index in [4.69, 9.17) is 4.42 Å². The van der Waals surface area contributed by atoms with Crippen molar-refractivity contribution in [3.63, 3.8) is 0 Å². The van der Waals surface area contributed by atoms with Gasteiger partial charge in [-0.15, -0.1) is 0 Å². The summed E-state index contributed by atoms with van der Waals surface area (Å²) in [5, 5.41) is 14.9. The van der Waals surface area contributed by atoms with Gasteiger partial charge in [0.25, 0.3) is 0 Å². The molecule has 0 spiro atoms. The Kier molecular flexibility index (Phi) is 4.53. The predicted octanol–water partition coefficient (Wildman–Crippen LogP) is 2.62. The summed E-state index contributed by atoms with van der Waals surface area (Å²) in [6.45, 7) is 0.105. The normalized spacial score (nSPS) is 16.5. The van der Waals surface area contributed by atoms with Crippen LogP contribution in [-0.2, 0) is 5.41 Å². The number of urea groups is 1. The van der Waals surface area contributed by atoms with Crippen molar-refractivity contribution >= 4 is 6.03 Å². The van der Waals surface area contributed by atoms with Crippen molar-refractivity contribution in [3.8, 4) is 0 Å². The van der Waals surface area contributed by atoms with Crippen LogP contribution in [0.3, 0.4) is 0 Å². The van der Waals surface area contributed by atoms with Crippen molar-refractivity contribution in [1.82, 2.24) is 10.6 Å². The maximum Gasteiger partial charge on any atom is 0.314 e. The lowest BCUT2D eigenvalue weighted by Gasteiger charge is -2.18. The molecule has 3 N–H and O–H groups in total. The predicted molar refractivity (Wildman–Crippen MR) is 82.3 cm³/mol. The number of carbonyl (C=O) groups is 1. The molecule has 1 atom stereocenters. The van der Waals surface area contributed by atoms with Crippen LogP contribution in [0.5, 0.6) is 0 Å². The van der Waals surface area contributed by atoms with Gasteiger partial charge in [-0.2, -0.15) is 0 Å². The molecule has 128 valence electrons. The Morgan fingerprint density at radius 1 is 1.21 bits per heavy atom. The van der Waals surface area contributed by atoms with Gasteiger partial charge >= 0.3 is 6.03 Å². The molecule has 1 aliphatic rings. The number of furan rings is 1. The Hall–Kier alpha value is -2.41. The maximum atomic E-state index is 13.9. The van der Waals surface area contributed by atoms with Crippen LogP contribution in [0.1, 0.15) is 30.3 Å². The number of benzene rings is 1. The number of amides is 2. The monoisotopic (exact) mass is 336 g/mol. The van der Waals surface area contributed by atoms with Crippen LogP contribution in [0.4, 0.5) is 13.6 Å². The van der Waals surface area contributed by atoms with E-state index in [9.17, 15) is 18.7 Å². The van der Waals surface area contributed by atoms with Crippen molar-refractivity contribution in [3.05, 3.63) is 59.6 Å². The van der Waals surface area contributed by atoms with E-state index in [1.54, 1.807) is 12.1 Å². The molecular weight excluding hydrogens is 318 g/mol. The van der Waals surface area contributed by atoms with Gasteiger partial charge in [-0.1, -0.05) is 6.07 Å². The highest BCUT2D eigenvalue weighted by atomic mass is 19.1. The van der Waals surface area contributed by atoms with Gasteiger partial charge in [-0.3, -0.25) is 0 Å². The molecule has 1 fully saturated rings. The summed E-state index contributed by atoms with van der Waals surface area (Å²) in [6.07, 6.45) is 1.70. The number of aliphatic hydroxyl groups excluding tert-OH is 1. The third-order valence-corrected chi connectivity index (χ3v) is 4.26. The zero-order valence-corrected chi connectivity index (χ0v) is 12.9. The van der Waals surface area contributed by atoms with Crippen LogP contribution >= 0.6 is 0 Å². The highest BCUT2D eigenvalue weighted by Gasteiger charge is 2.48. The minimum Gasteiger partial charge on any atom is -0.467 e. The Morgan fingerprint density at radius 3 is 2.50 bits per heavy atom. The number of hydrogen-bond donors (Lipinski definition) is 3. The standard InChI is InChI=1S/C17H18F2N2O3/c18-11-3-1-4-12(19)15(11)17(6-7-17)10-21-16(23)20-9-13(22)14-5-2-8-24-14/h1-5,8,13,22H,6-7,9-10H2,(H2,20,21,23). The fraction of sp³-hybridized carbons (Fsp3) is 0.353. The Morgan fingerprint density at radius 2 is 1.92 bits per heavy atom. The second kappa shape index (κ2) is 6.60. The van der Waals surface area contributed by atoms with Gasteiger partial charge in [-0.25, -0.2) is 13.6 Å². The highest BCUT2D eigenvalue weighted by molar-refractivity contribution is 5.74. The van der Waals surface area contributed by atoms with E-state index >= 15 is 0 Å². The van der Waals surface area contributed by atoms with Gasteiger partial charge in [0.2, 0.25) is 0 Å². The number of nitrogens with one attached hydrogen (secondary N) is 2. The smallest absolute Gasteiger partial charge is 0.314 e. The van der Waals surface area contributed by atoms with Crippen molar-refractivity contribution in [2.75, 3.05) is 13.1 Å². The second-order valence-corrected chi connectivity index (χ2v) is 5.97. The summed E-state index contributed by atoms with van der Waals surface area (Å²) >= 11 is 0. The van der Waals surface area contributed by atoms with Gasteiger partial charge < -0.3 is 20.2 Å². The summed E-state index contributed by atoms with van der Waals surface area (Å²) in [6, 6.07) is 6.49. The first-order valence-electron chi connectivity index (χ1n) is 7.69. The van der Waals surface area contributed by atoms with Crippen molar-refractivity contribution in [2.45, 2.75) is 24.4 Å². The first kappa shape index (κ1) is 16.4. The van der Waals surface area contributed by atoms with Gasteiger partial charge in [0.15, 0.2) is 0 Å². The highest BCUT2D eigenvalue weighted by Crippen LogP contribution is 2.49. The van der Waals surface area contributed by atoms with E-state index in [0.29, 0.717) is 18.6 Å². The molecule has 1 aromatic carbocycles. The first-order chi connectivity index (χ1) is 11.5. The molecule has 2 aromatic rings. The Labute approximate surface area is 137 Å². The second-order valence-electron chi connectivity index (χ2n) is 5.97. The van der Waals surface area contributed by atoms with Crippen molar-refractivity contribution in [2.24, 2.45) is 0 Å². The number of halogens is 2. The van der Waals surface area contributed by atoms with Crippen LogP contribution in [0, 0.1) is 11.6 Å². The number of hydrogen-bond acceptors (Lipinski definition) is 3. The fourth-order valence-corrected chi connectivity index (χ4v) is 2.75. The summed E-state index contributed by atoms with van der Waals surface area (Å²) < 4.78 is 32.9. The molecule has 2 amide bonds. The third-order valence-electron chi connectivity index (χ3n) is 4.26. The number of carbonyl (C=O) groups excluding carboxylic acids is 1. The molecule has 3 rings (SSSR count). The Balaban J connectivity index is 1.53. The number of aliphatic hydroxyl groups is 1. The molecular formula is C17H18F2N2O3. The summed E-state index contributed by atoms with van der Waals surface area (Å²) in [5.41, 5.74) is -0.659. The van der Waals surface area contributed by atoms with Gasteiger partial charge in [-0.05, 0) is 37.1 Å². The topological polar surface area (TPSA) is 74.5 Å². The van der Waals surface area contributed by atoms with Crippen molar-refractivity contribution in [1.29, 1.82) is 0 Å². The van der Waals surface area contributed by atoms with Crippen LogP contribution in [-0.4, -0.2) is 24.2 Å². The first-order valence-corrected chi connectivity index (χ1v) is 7.69. The molecule has 1 aromatic heterocycles. The molecule has 7 heteroatoms. The molecule has 1 unspecified atom stereocenters. The van der Waals surface area contributed by atoms with Gasteiger partial charge in [0.05, 0.1) is 12.8 Å². The average molecular weight is 336 g/mol. The van der Waals surface area contributed by atoms with E-state index in [-0.39, 0.29) is 18.7 Å². The molecule has 24 heavy (non-hydrogen) atoms. The fourth-order valence-electron chi connectivity index (χ4n) is 2.75. The maximum absolute atomic E-state index is 13.9. The lowest BCUT2D eigenvalue weighted by Crippen LogP contribution is -2.41. The summed E-state index contributed by atoms with van der Waals surface area (Å²) in [4.78, 5) is 11.8. The van der Waals surface area contributed by atoms with E-state index in [1.165, 1.54) is 24.5 Å². The largest absolute Gasteiger partial charge is 0.467 e. The third kappa shape index (κ3) is 3.41. The molecule has 5 nitrogen and oxygen atoms in total. The molecule has 1 heterocycles. The average Bonchev–Trinajstić information content (AvgIpc) is 3.12. The van der Waals surface area contributed by atoms with Crippen molar-refractivity contribution < 1.29 is 23.1 Å². The van der Waals surface area contributed by atoms with Crippen LogP contribution in [0.2, 0.25) is 0 Å². The lowest BCUT2D eigenvalue weighted by atomic mass is 9.94. The molecule has 1 saturated carbocycles. The zero-order chi connectivity index (χ0) is 17.2. The summed E-state index contributed by atoms with van der Waals surface area (Å²) in [5.74, 6) is -0.840. The molecule has 1 aliphatic carbocycles. The molecule has 0 aliphatic heterocycles. The van der Waals surface area contributed by atoms with Gasteiger partial charge in [0.1, 0.15) is 23.5 Å². The minimum absolute atomic E-state index is 0.0274. The molecule has 0 radical (unpaired) electrons. The Bertz CT molecular complexity index is 694.